The number of H-pyrrole nitrogens is 1. The molecule has 1 amide bonds. The van der Waals surface area contributed by atoms with Crippen molar-refractivity contribution in [3.8, 4) is 5.75 Å². The number of ether oxygens (including phenoxy) is 1. The molecule has 4 saturated heterocycles. The van der Waals surface area contributed by atoms with Crippen LogP contribution in [0.2, 0.25) is 0 Å². The molecule has 0 unspecified atom stereocenters. The van der Waals surface area contributed by atoms with Crippen molar-refractivity contribution in [1.29, 1.82) is 0 Å². The number of fused-ring (bicyclic) bond motifs is 2. The summed E-state index contributed by atoms with van der Waals surface area (Å²) in [4.78, 5) is 42.9. The number of aromatic nitrogens is 1. The van der Waals surface area contributed by atoms with Crippen molar-refractivity contribution in [3.63, 3.8) is 0 Å². The van der Waals surface area contributed by atoms with Crippen LogP contribution in [0, 0.1) is 6.92 Å². The lowest BCUT2D eigenvalue weighted by molar-refractivity contribution is 0.0655. The van der Waals surface area contributed by atoms with Crippen molar-refractivity contribution in [1.82, 2.24) is 29.5 Å². The van der Waals surface area contributed by atoms with Crippen LogP contribution in [0.3, 0.4) is 0 Å². The number of hydrogen-bond acceptors (Lipinski definition) is 8. The number of furan rings is 1. The number of hydrogen-bond donors (Lipinski definition) is 1. The molecular formula is C40H52N6O4. The molecule has 2 aromatic carbocycles. The molecule has 0 saturated carbocycles. The van der Waals surface area contributed by atoms with Gasteiger partial charge in [0.2, 0.25) is 5.78 Å². The number of likely N-dealkylation sites (tertiary alicyclic amines) is 3. The van der Waals surface area contributed by atoms with Crippen LogP contribution in [0.25, 0.3) is 21.9 Å². The number of rotatable bonds is 7. The Morgan fingerprint density at radius 1 is 0.800 bits per heavy atom. The second-order valence-electron chi connectivity index (χ2n) is 15.2. The Labute approximate surface area is 295 Å². The highest BCUT2D eigenvalue weighted by Gasteiger charge is 2.31. The van der Waals surface area contributed by atoms with Crippen molar-refractivity contribution in [2.75, 3.05) is 72.5 Å². The minimum atomic E-state index is -0.277. The first-order valence-corrected chi connectivity index (χ1v) is 18.9. The number of aromatic amines is 1. The Hall–Kier alpha value is -3.70. The summed E-state index contributed by atoms with van der Waals surface area (Å²) in [6, 6.07) is 14.7. The summed E-state index contributed by atoms with van der Waals surface area (Å²) in [6.07, 6.45) is 7.87. The fourth-order valence-corrected chi connectivity index (χ4v) is 8.74. The van der Waals surface area contributed by atoms with Crippen molar-refractivity contribution in [2.24, 2.45) is 0 Å². The quantitative estimate of drug-likeness (QED) is 0.234. The maximum atomic E-state index is 13.8. The lowest BCUT2D eigenvalue weighted by atomic mass is 10.00. The fourth-order valence-electron chi connectivity index (χ4n) is 8.74. The van der Waals surface area contributed by atoms with Gasteiger partial charge in [0.25, 0.3) is 0 Å². The Kier molecular flexibility index (Phi) is 9.70. The van der Waals surface area contributed by atoms with Gasteiger partial charge in [0.15, 0.2) is 5.76 Å². The summed E-state index contributed by atoms with van der Waals surface area (Å²) < 4.78 is 12.2. The van der Waals surface area contributed by atoms with Gasteiger partial charge >= 0.3 is 6.09 Å². The van der Waals surface area contributed by atoms with E-state index < -0.39 is 0 Å². The lowest BCUT2D eigenvalue weighted by Crippen LogP contribution is -2.52. The molecule has 4 aliphatic heterocycles. The summed E-state index contributed by atoms with van der Waals surface area (Å²) in [7, 11) is 2.21. The smallest absolute Gasteiger partial charge is 0.415 e. The van der Waals surface area contributed by atoms with Crippen LogP contribution in [-0.4, -0.2) is 126 Å². The van der Waals surface area contributed by atoms with E-state index in [-0.39, 0.29) is 11.9 Å². The zero-order chi connectivity index (χ0) is 34.2. The highest BCUT2D eigenvalue weighted by atomic mass is 16.6. The molecule has 1 N–H and O–H groups in total. The third-order valence-corrected chi connectivity index (χ3v) is 11.8. The Morgan fingerprint density at radius 3 is 2.24 bits per heavy atom. The molecule has 0 radical (unpaired) electrons. The van der Waals surface area contributed by atoms with Crippen LogP contribution >= 0.6 is 0 Å². The number of nitrogens with one attached hydrogen (secondary N) is 1. The van der Waals surface area contributed by atoms with Gasteiger partial charge in [0.05, 0.1) is 5.69 Å². The predicted octanol–water partition coefficient (Wildman–Crippen LogP) is 6.11. The second kappa shape index (κ2) is 14.5. The molecule has 8 rings (SSSR count). The molecule has 0 atom stereocenters. The number of benzene rings is 2. The number of piperidine rings is 3. The van der Waals surface area contributed by atoms with Crippen molar-refractivity contribution in [2.45, 2.75) is 70.5 Å². The molecule has 10 nitrogen and oxygen atoms in total. The van der Waals surface area contributed by atoms with E-state index in [4.69, 9.17) is 9.15 Å². The predicted molar refractivity (Wildman–Crippen MR) is 196 cm³/mol. The molecule has 0 aliphatic carbocycles. The summed E-state index contributed by atoms with van der Waals surface area (Å²) in [5, 5.41) is 1.83. The van der Waals surface area contributed by atoms with Gasteiger partial charge in [0.1, 0.15) is 11.3 Å². The molecular weight excluding hydrogens is 628 g/mol. The van der Waals surface area contributed by atoms with Gasteiger partial charge in [-0.25, -0.2) is 4.79 Å². The first-order valence-electron chi connectivity index (χ1n) is 18.9. The molecule has 4 fully saturated rings. The second-order valence-corrected chi connectivity index (χ2v) is 15.2. The molecule has 4 aromatic rings. The Bertz CT molecular complexity index is 1820. The fraction of sp³-hybridized carbons (Fsp3) is 0.550. The van der Waals surface area contributed by atoms with E-state index in [2.05, 4.69) is 31.6 Å². The number of likely N-dealkylation sites (N-methyl/N-ethyl adjacent to an activating group) is 1. The molecule has 0 bridgehead atoms. The summed E-state index contributed by atoms with van der Waals surface area (Å²) in [5.74, 6) is 0.701. The average molecular weight is 681 g/mol. The lowest BCUT2D eigenvalue weighted by Gasteiger charge is -2.42. The van der Waals surface area contributed by atoms with Crippen LogP contribution in [0.15, 0.2) is 46.9 Å². The van der Waals surface area contributed by atoms with Crippen LogP contribution < -0.4 is 4.74 Å². The number of aryl methyl sites for hydroxylation is 1. The third kappa shape index (κ3) is 7.08. The zero-order valence-electron chi connectivity index (χ0n) is 29.8. The van der Waals surface area contributed by atoms with Gasteiger partial charge in [-0.05, 0) is 115 Å². The first-order chi connectivity index (χ1) is 24.4. The van der Waals surface area contributed by atoms with Crippen LogP contribution in [-0.2, 0) is 6.54 Å². The minimum Gasteiger partial charge on any atom is -0.453 e. The third-order valence-electron chi connectivity index (χ3n) is 11.8. The van der Waals surface area contributed by atoms with Crippen LogP contribution in [0.1, 0.15) is 72.3 Å². The van der Waals surface area contributed by atoms with Crippen molar-refractivity contribution < 1.29 is 18.7 Å². The van der Waals surface area contributed by atoms with E-state index in [1.165, 1.54) is 32.4 Å². The average Bonchev–Trinajstić information content (AvgIpc) is 3.78. The molecule has 10 heteroatoms. The topological polar surface area (TPSA) is 88.5 Å². The number of nitrogens with zero attached hydrogens (tertiary/aromatic N) is 5. The van der Waals surface area contributed by atoms with E-state index in [1.54, 1.807) is 0 Å². The number of carbonyl (C=O) groups is 2. The van der Waals surface area contributed by atoms with E-state index in [9.17, 15) is 9.59 Å². The van der Waals surface area contributed by atoms with Crippen molar-refractivity contribution in [3.05, 3.63) is 65.0 Å². The maximum Gasteiger partial charge on any atom is 0.415 e. The largest absolute Gasteiger partial charge is 0.453 e. The molecule has 266 valence electrons. The first kappa shape index (κ1) is 33.4. The van der Waals surface area contributed by atoms with Gasteiger partial charge < -0.3 is 28.8 Å². The standard InChI is InChI=1S/C40H52N6O4/c1-28-6-8-36-29(24-28)25-38(49-36)39(47)35-26-32-33(27-43-16-10-30(11-17-43)45-22-20-42(2)21-23-45)37(9-7-34(32)41-35)50-40(48)46-18-12-31(13-19-46)44-14-4-3-5-15-44/h6-9,24-26,30-31,41H,3-5,10-23,27H2,1-2H3. The van der Waals surface area contributed by atoms with Gasteiger partial charge in [-0.2, -0.15) is 0 Å². The van der Waals surface area contributed by atoms with E-state index in [1.807, 2.05) is 54.3 Å². The van der Waals surface area contributed by atoms with E-state index >= 15 is 0 Å². The summed E-state index contributed by atoms with van der Waals surface area (Å²) >= 11 is 0. The molecule has 6 heterocycles. The molecule has 4 aliphatic rings. The van der Waals surface area contributed by atoms with Crippen molar-refractivity contribution >= 4 is 33.7 Å². The monoisotopic (exact) mass is 680 g/mol. The molecule has 0 spiro atoms. The maximum absolute atomic E-state index is 13.8. The molecule has 2 aromatic heterocycles. The normalized spacial score (nSPS) is 21.4. The van der Waals surface area contributed by atoms with E-state index in [0.29, 0.717) is 41.4 Å². The van der Waals surface area contributed by atoms with Crippen LogP contribution in [0.5, 0.6) is 5.75 Å². The number of amides is 1. The Balaban J connectivity index is 1.02. The zero-order valence-corrected chi connectivity index (χ0v) is 29.8. The van der Waals surface area contributed by atoms with E-state index in [0.717, 1.165) is 105 Å². The van der Waals surface area contributed by atoms with Gasteiger partial charge in [-0.1, -0.05) is 18.1 Å². The van der Waals surface area contributed by atoms with Gasteiger partial charge in [0, 0.05) is 79.7 Å². The highest BCUT2D eigenvalue weighted by Crippen LogP contribution is 2.33. The highest BCUT2D eigenvalue weighted by molar-refractivity contribution is 6.10. The number of ketones is 1. The minimum absolute atomic E-state index is 0.191. The summed E-state index contributed by atoms with van der Waals surface area (Å²) in [5.41, 5.74) is 4.09. The van der Waals surface area contributed by atoms with Crippen LogP contribution in [0.4, 0.5) is 4.79 Å². The number of carbonyl (C=O) groups excluding carboxylic acids is 2. The number of piperazine rings is 1. The van der Waals surface area contributed by atoms with Gasteiger partial charge in [-0.15, -0.1) is 0 Å². The summed E-state index contributed by atoms with van der Waals surface area (Å²) in [6.45, 7) is 13.0. The SMILES string of the molecule is Cc1ccc2oc(C(=O)c3cc4c(CN5CCC(N6CCN(C)CC6)CC5)c(OC(=O)N5CCC(N6CCCCC6)CC5)ccc4[nH]3)cc2c1. The molecule has 50 heavy (non-hydrogen) atoms. The Morgan fingerprint density at radius 2 is 1.50 bits per heavy atom. The van der Waals surface area contributed by atoms with Gasteiger partial charge in [-0.3, -0.25) is 14.6 Å².